The van der Waals surface area contributed by atoms with Gasteiger partial charge in [-0.15, -0.1) is 0 Å². The molecule has 4 heteroatoms. The van der Waals surface area contributed by atoms with Crippen LogP contribution in [0.25, 0.3) is 0 Å². The minimum Gasteiger partial charge on any atom is -0.384 e. The van der Waals surface area contributed by atoms with E-state index >= 15 is 0 Å². The smallest absolute Gasteiger partial charge is 0.231 e. The number of nitrogens with zero attached hydrogens (tertiary/aromatic N) is 2. The zero-order valence-electron chi connectivity index (χ0n) is 9.84. The topological polar surface area (TPSA) is 59.2 Å². The van der Waals surface area contributed by atoms with Crippen molar-refractivity contribution in [2.45, 2.75) is 13.0 Å². The standard InChI is InChI=1S/C14H13N3O/c15-13-7-10(5-6-16-13)9-17-12-4-2-1-3-11(12)8-14(17)18/h1-7H,8-9H2,(H2,15,16). The summed E-state index contributed by atoms with van der Waals surface area (Å²) < 4.78 is 0. The number of hydrogen-bond acceptors (Lipinski definition) is 3. The Morgan fingerprint density at radius 3 is 2.94 bits per heavy atom. The van der Waals surface area contributed by atoms with E-state index in [1.54, 1.807) is 17.2 Å². The fraction of sp³-hybridized carbons (Fsp3) is 0.143. The van der Waals surface area contributed by atoms with Crippen LogP contribution in [0.1, 0.15) is 11.1 Å². The van der Waals surface area contributed by atoms with Gasteiger partial charge in [-0.05, 0) is 29.3 Å². The summed E-state index contributed by atoms with van der Waals surface area (Å²) in [5.74, 6) is 0.610. The molecule has 0 saturated heterocycles. The number of anilines is 2. The maximum Gasteiger partial charge on any atom is 0.231 e. The molecule has 3 rings (SSSR count). The fourth-order valence-corrected chi connectivity index (χ4v) is 2.27. The second kappa shape index (κ2) is 4.14. The number of nitrogens with two attached hydrogens (primary N) is 1. The van der Waals surface area contributed by atoms with E-state index in [0.717, 1.165) is 16.8 Å². The van der Waals surface area contributed by atoms with Crippen molar-refractivity contribution in [1.29, 1.82) is 0 Å². The van der Waals surface area contributed by atoms with Crippen molar-refractivity contribution in [3.63, 3.8) is 0 Å². The first-order chi connectivity index (χ1) is 8.74. The molecule has 18 heavy (non-hydrogen) atoms. The lowest BCUT2D eigenvalue weighted by molar-refractivity contribution is -0.117. The highest BCUT2D eigenvalue weighted by Gasteiger charge is 2.26. The van der Waals surface area contributed by atoms with Crippen LogP contribution in [-0.2, 0) is 17.8 Å². The Balaban J connectivity index is 1.91. The first-order valence-corrected chi connectivity index (χ1v) is 5.83. The van der Waals surface area contributed by atoms with Crippen LogP contribution in [0.5, 0.6) is 0 Å². The molecule has 2 aromatic rings. The van der Waals surface area contributed by atoms with Crippen molar-refractivity contribution in [3.05, 3.63) is 53.7 Å². The van der Waals surface area contributed by atoms with Gasteiger partial charge < -0.3 is 10.6 Å². The van der Waals surface area contributed by atoms with Gasteiger partial charge >= 0.3 is 0 Å². The Kier molecular flexibility index (Phi) is 2.48. The number of hydrogen-bond donors (Lipinski definition) is 1. The van der Waals surface area contributed by atoms with Gasteiger partial charge in [-0.25, -0.2) is 4.98 Å². The fourth-order valence-electron chi connectivity index (χ4n) is 2.27. The Morgan fingerprint density at radius 1 is 1.28 bits per heavy atom. The largest absolute Gasteiger partial charge is 0.384 e. The molecule has 0 spiro atoms. The predicted molar refractivity (Wildman–Crippen MR) is 70.0 cm³/mol. The molecule has 0 fully saturated rings. The van der Waals surface area contributed by atoms with E-state index in [2.05, 4.69) is 4.98 Å². The molecule has 0 saturated carbocycles. The van der Waals surface area contributed by atoms with E-state index in [-0.39, 0.29) is 5.91 Å². The molecule has 1 aromatic carbocycles. The normalized spacial score (nSPS) is 13.8. The number of carbonyl (C=O) groups is 1. The Hall–Kier alpha value is -2.36. The molecule has 0 unspecified atom stereocenters. The molecule has 1 aliphatic heterocycles. The summed E-state index contributed by atoms with van der Waals surface area (Å²) in [6, 6.07) is 11.6. The third-order valence-corrected chi connectivity index (χ3v) is 3.11. The summed E-state index contributed by atoms with van der Waals surface area (Å²) in [7, 11) is 0. The summed E-state index contributed by atoms with van der Waals surface area (Å²) in [6.45, 7) is 0.544. The number of rotatable bonds is 2. The number of nitrogen functional groups attached to an aromatic ring is 1. The number of carbonyl (C=O) groups excluding carboxylic acids is 1. The van der Waals surface area contributed by atoms with Gasteiger partial charge in [-0.3, -0.25) is 4.79 Å². The minimum absolute atomic E-state index is 0.131. The van der Waals surface area contributed by atoms with E-state index < -0.39 is 0 Å². The Bertz CT molecular complexity index is 609. The van der Waals surface area contributed by atoms with Gasteiger partial charge in [0.2, 0.25) is 5.91 Å². The SMILES string of the molecule is Nc1cc(CN2C(=O)Cc3ccccc32)ccn1. The molecule has 1 aromatic heterocycles. The van der Waals surface area contributed by atoms with Crippen LogP contribution >= 0.6 is 0 Å². The third-order valence-electron chi connectivity index (χ3n) is 3.11. The minimum atomic E-state index is 0.131. The van der Waals surface area contributed by atoms with Gasteiger partial charge in [0.05, 0.1) is 13.0 Å². The maximum absolute atomic E-state index is 12.0. The number of para-hydroxylation sites is 1. The van der Waals surface area contributed by atoms with Crippen molar-refractivity contribution in [2.75, 3.05) is 10.6 Å². The van der Waals surface area contributed by atoms with Gasteiger partial charge in [-0.2, -0.15) is 0 Å². The summed E-state index contributed by atoms with van der Waals surface area (Å²) in [5, 5.41) is 0. The van der Waals surface area contributed by atoms with Crippen LogP contribution in [0.3, 0.4) is 0 Å². The van der Waals surface area contributed by atoms with E-state index in [0.29, 0.717) is 18.8 Å². The first kappa shape index (κ1) is 10.8. The summed E-state index contributed by atoms with van der Waals surface area (Å²) >= 11 is 0. The monoisotopic (exact) mass is 239 g/mol. The molecule has 4 nitrogen and oxygen atoms in total. The van der Waals surface area contributed by atoms with Crippen LogP contribution in [0.2, 0.25) is 0 Å². The quantitative estimate of drug-likeness (QED) is 0.868. The van der Waals surface area contributed by atoms with E-state index in [1.807, 2.05) is 30.3 Å². The molecule has 1 amide bonds. The second-order valence-electron chi connectivity index (χ2n) is 4.37. The first-order valence-electron chi connectivity index (χ1n) is 5.83. The Morgan fingerprint density at radius 2 is 2.11 bits per heavy atom. The lowest BCUT2D eigenvalue weighted by atomic mass is 10.2. The molecular weight excluding hydrogens is 226 g/mol. The molecular formula is C14H13N3O. The number of amides is 1. The lowest BCUT2D eigenvalue weighted by Gasteiger charge is -2.17. The van der Waals surface area contributed by atoms with Crippen molar-refractivity contribution in [3.8, 4) is 0 Å². The third kappa shape index (κ3) is 1.82. The van der Waals surface area contributed by atoms with E-state index in [1.165, 1.54) is 0 Å². The zero-order chi connectivity index (χ0) is 12.5. The van der Waals surface area contributed by atoms with Crippen LogP contribution in [0, 0.1) is 0 Å². The summed E-state index contributed by atoms with van der Waals surface area (Å²) in [4.78, 5) is 17.7. The Labute approximate surface area is 105 Å². The average molecular weight is 239 g/mol. The van der Waals surface area contributed by atoms with Gasteiger partial charge in [-0.1, -0.05) is 18.2 Å². The molecule has 2 N–H and O–H groups in total. The molecule has 90 valence electrons. The summed E-state index contributed by atoms with van der Waals surface area (Å²) in [6.07, 6.45) is 2.15. The highest BCUT2D eigenvalue weighted by Crippen LogP contribution is 2.29. The van der Waals surface area contributed by atoms with Crippen molar-refractivity contribution < 1.29 is 4.79 Å². The van der Waals surface area contributed by atoms with Crippen LogP contribution < -0.4 is 10.6 Å². The predicted octanol–water partition coefficient (Wildman–Crippen LogP) is 1.75. The lowest BCUT2D eigenvalue weighted by Crippen LogP contribution is -2.26. The van der Waals surface area contributed by atoms with Crippen molar-refractivity contribution in [2.24, 2.45) is 0 Å². The maximum atomic E-state index is 12.0. The molecule has 1 aliphatic rings. The van der Waals surface area contributed by atoms with Crippen LogP contribution in [0.4, 0.5) is 11.5 Å². The van der Waals surface area contributed by atoms with E-state index in [9.17, 15) is 4.79 Å². The van der Waals surface area contributed by atoms with Gasteiger partial charge in [0.15, 0.2) is 0 Å². The molecule has 0 bridgehead atoms. The van der Waals surface area contributed by atoms with Crippen molar-refractivity contribution in [1.82, 2.24) is 4.98 Å². The number of aromatic nitrogens is 1. The molecule has 2 heterocycles. The van der Waals surface area contributed by atoms with E-state index in [4.69, 9.17) is 5.73 Å². The average Bonchev–Trinajstić information content (AvgIpc) is 2.66. The van der Waals surface area contributed by atoms with Crippen LogP contribution in [0.15, 0.2) is 42.6 Å². The highest BCUT2D eigenvalue weighted by atomic mass is 16.2. The van der Waals surface area contributed by atoms with Gasteiger partial charge in [0.1, 0.15) is 5.82 Å². The molecule has 0 atom stereocenters. The number of pyridine rings is 1. The highest BCUT2D eigenvalue weighted by molar-refractivity contribution is 6.01. The van der Waals surface area contributed by atoms with Gasteiger partial charge in [0, 0.05) is 11.9 Å². The van der Waals surface area contributed by atoms with Crippen LogP contribution in [-0.4, -0.2) is 10.9 Å². The van der Waals surface area contributed by atoms with Gasteiger partial charge in [0.25, 0.3) is 0 Å². The summed E-state index contributed by atoms with van der Waals surface area (Å²) in [5.41, 5.74) is 8.73. The molecule has 0 aliphatic carbocycles. The number of benzene rings is 1. The zero-order valence-corrected chi connectivity index (χ0v) is 9.84. The van der Waals surface area contributed by atoms with Crippen molar-refractivity contribution >= 4 is 17.4 Å². The molecule has 0 radical (unpaired) electrons. The second-order valence-corrected chi connectivity index (χ2v) is 4.37. The number of fused-ring (bicyclic) bond motifs is 1.